The summed E-state index contributed by atoms with van der Waals surface area (Å²) in [7, 11) is 0. The van der Waals surface area contributed by atoms with Crippen LogP contribution < -0.4 is 0 Å². The quantitative estimate of drug-likeness (QED) is 0.795. The number of nitrogens with zero attached hydrogens (tertiary/aromatic N) is 1. The van der Waals surface area contributed by atoms with Gasteiger partial charge in [0.15, 0.2) is 0 Å². The van der Waals surface area contributed by atoms with Crippen molar-refractivity contribution < 1.29 is 9.90 Å². The number of carbonyl (C=O) groups excluding carboxylic acids is 1. The summed E-state index contributed by atoms with van der Waals surface area (Å²) >= 11 is 0. The van der Waals surface area contributed by atoms with E-state index in [1.807, 2.05) is 65.6 Å². The van der Waals surface area contributed by atoms with Crippen LogP contribution >= 0.6 is 0 Å². The van der Waals surface area contributed by atoms with Crippen LogP contribution in [0.15, 0.2) is 72.8 Å². The Balaban J connectivity index is 1.65. The van der Waals surface area contributed by atoms with Crippen LogP contribution in [0.4, 0.5) is 0 Å². The maximum atomic E-state index is 13.1. The van der Waals surface area contributed by atoms with E-state index in [4.69, 9.17) is 0 Å². The van der Waals surface area contributed by atoms with Crippen LogP contribution in [0.2, 0.25) is 0 Å². The third kappa shape index (κ3) is 2.92. The largest absolute Gasteiger partial charge is 0.396 e. The summed E-state index contributed by atoms with van der Waals surface area (Å²) in [6.07, 6.45) is 0. The molecule has 1 amide bonds. The van der Waals surface area contributed by atoms with Crippen molar-refractivity contribution >= 4 is 16.7 Å². The number of fused-ring (bicyclic) bond motifs is 1. The number of aliphatic hydroxyl groups is 1. The van der Waals surface area contributed by atoms with Gasteiger partial charge in [0.2, 0.25) is 0 Å². The lowest BCUT2D eigenvalue weighted by Gasteiger charge is -2.18. The minimum atomic E-state index is 0.0497. The van der Waals surface area contributed by atoms with E-state index in [0.29, 0.717) is 13.1 Å². The molecule has 1 fully saturated rings. The Labute approximate surface area is 147 Å². The number of carbonyl (C=O) groups is 1. The molecule has 3 aromatic carbocycles. The molecule has 1 aliphatic heterocycles. The van der Waals surface area contributed by atoms with Crippen molar-refractivity contribution in [1.82, 2.24) is 4.90 Å². The van der Waals surface area contributed by atoms with Gasteiger partial charge in [-0.1, -0.05) is 66.7 Å². The van der Waals surface area contributed by atoms with E-state index in [2.05, 4.69) is 12.1 Å². The van der Waals surface area contributed by atoms with Crippen molar-refractivity contribution in [1.29, 1.82) is 0 Å². The molecule has 3 aromatic rings. The van der Waals surface area contributed by atoms with Crippen LogP contribution in [0.3, 0.4) is 0 Å². The van der Waals surface area contributed by atoms with Crippen molar-refractivity contribution in [3.63, 3.8) is 0 Å². The van der Waals surface area contributed by atoms with Crippen molar-refractivity contribution in [2.45, 2.75) is 5.92 Å². The van der Waals surface area contributed by atoms with Gasteiger partial charge < -0.3 is 10.0 Å². The Bertz CT molecular complexity index is 885. The lowest BCUT2D eigenvalue weighted by atomic mass is 9.90. The zero-order valence-corrected chi connectivity index (χ0v) is 14.0. The lowest BCUT2D eigenvalue weighted by molar-refractivity contribution is 0.0783. The van der Waals surface area contributed by atoms with Crippen LogP contribution in [0, 0.1) is 5.92 Å². The molecule has 2 unspecified atom stereocenters. The second-order valence-electron chi connectivity index (χ2n) is 6.70. The van der Waals surface area contributed by atoms with Gasteiger partial charge in [0.05, 0.1) is 0 Å². The minimum Gasteiger partial charge on any atom is -0.396 e. The molecule has 0 spiro atoms. The first-order valence-electron chi connectivity index (χ1n) is 8.71. The third-order valence-corrected chi connectivity index (χ3v) is 5.21. The molecule has 3 heteroatoms. The standard InChI is InChI=1S/C22H21NO2/c24-15-18-13-23(14-21(18)17-7-2-1-3-8-17)22(25)20-12-6-10-16-9-4-5-11-19(16)20/h1-12,18,21,24H,13-15H2. The highest BCUT2D eigenvalue weighted by molar-refractivity contribution is 6.07. The molecule has 3 nitrogen and oxygen atoms in total. The predicted octanol–water partition coefficient (Wildman–Crippen LogP) is 3.69. The molecule has 0 bridgehead atoms. The average Bonchev–Trinajstić information content (AvgIpc) is 3.12. The van der Waals surface area contributed by atoms with Gasteiger partial charge in [-0.2, -0.15) is 0 Å². The molecular weight excluding hydrogens is 310 g/mol. The SMILES string of the molecule is O=C(c1cccc2ccccc12)N1CC(CO)C(c2ccccc2)C1. The Hall–Kier alpha value is -2.65. The zero-order valence-electron chi connectivity index (χ0n) is 14.0. The van der Waals surface area contributed by atoms with Gasteiger partial charge in [-0.05, 0) is 22.4 Å². The second-order valence-corrected chi connectivity index (χ2v) is 6.70. The van der Waals surface area contributed by atoms with Gasteiger partial charge in [-0.25, -0.2) is 0 Å². The van der Waals surface area contributed by atoms with Crippen LogP contribution in [0.1, 0.15) is 21.8 Å². The Morgan fingerprint density at radius 1 is 0.920 bits per heavy atom. The summed E-state index contributed by atoms with van der Waals surface area (Å²) in [5.74, 6) is 0.320. The fourth-order valence-electron chi connectivity index (χ4n) is 3.88. The summed E-state index contributed by atoms with van der Waals surface area (Å²) in [5.41, 5.74) is 1.93. The molecule has 4 rings (SSSR count). The summed E-state index contributed by atoms with van der Waals surface area (Å²) in [6.45, 7) is 1.34. The molecule has 1 N–H and O–H groups in total. The smallest absolute Gasteiger partial charge is 0.254 e. The van der Waals surface area contributed by atoms with Gasteiger partial charge in [0.1, 0.15) is 0 Å². The third-order valence-electron chi connectivity index (χ3n) is 5.21. The Morgan fingerprint density at radius 3 is 2.44 bits per heavy atom. The molecule has 25 heavy (non-hydrogen) atoms. The highest BCUT2D eigenvalue weighted by Gasteiger charge is 2.36. The monoisotopic (exact) mass is 331 g/mol. The number of hydrogen-bond acceptors (Lipinski definition) is 2. The normalized spacial score (nSPS) is 20.1. The first kappa shape index (κ1) is 15.9. The fourth-order valence-corrected chi connectivity index (χ4v) is 3.88. The topological polar surface area (TPSA) is 40.5 Å². The van der Waals surface area contributed by atoms with Crippen molar-refractivity contribution in [3.8, 4) is 0 Å². The molecule has 2 atom stereocenters. The highest BCUT2D eigenvalue weighted by atomic mass is 16.3. The predicted molar refractivity (Wildman–Crippen MR) is 99.6 cm³/mol. The molecule has 1 saturated heterocycles. The Morgan fingerprint density at radius 2 is 1.64 bits per heavy atom. The van der Waals surface area contributed by atoms with Crippen molar-refractivity contribution in [2.24, 2.45) is 5.92 Å². The van der Waals surface area contributed by atoms with Gasteiger partial charge in [-0.3, -0.25) is 4.79 Å². The van der Waals surface area contributed by atoms with Gasteiger partial charge >= 0.3 is 0 Å². The number of hydrogen-bond donors (Lipinski definition) is 1. The summed E-state index contributed by atoms with van der Waals surface area (Å²) in [6, 6.07) is 24.0. The van der Waals surface area contributed by atoms with Crippen LogP contribution in [-0.4, -0.2) is 35.6 Å². The van der Waals surface area contributed by atoms with Crippen molar-refractivity contribution in [3.05, 3.63) is 83.9 Å². The van der Waals surface area contributed by atoms with E-state index in [1.54, 1.807) is 0 Å². The van der Waals surface area contributed by atoms with Crippen molar-refractivity contribution in [2.75, 3.05) is 19.7 Å². The molecular formula is C22H21NO2. The van der Waals surface area contributed by atoms with E-state index in [0.717, 1.165) is 16.3 Å². The van der Waals surface area contributed by atoms with Crippen LogP contribution in [-0.2, 0) is 0 Å². The number of benzene rings is 3. The second kappa shape index (κ2) is 6.69. The molecule has 126 valence electrons. The van der Waals surface area contributed by atoms with Crippen LogP contribution in [0.25, 0.3) is 10.8 Å². The van der Waals surface area contributed by atoms with Gasteiger partial charge in [-0.15, -0.1) is 0 Å². The van der Waals surface area contributed by atoms with Gasteiger partial charge in [0.25, 0.3) is 5.91 Å². The maximum absolute atomic E-state index is 13.1. The molecule has 0 aliphatic carbocycles. The number of rotatable bonds is 3. The molecule has 1 aliphatic rings. The average molecular weight is 331 g/mol. The lowest BCUT2D eigenvalue weighted by Crippen LogP contribution is -2.29. The zero-order chi connectivity index (χ0) is 17.2. The first-order valence-corrected chi connectivity index (χ1v) is 8.71. The van der Waals surface area contributed by atoms with Crippen LogP contribution in [0.5, 0.6) is 0 Å². The number of likely N-dealkylation sites (tertiary alicyclic amines) is 1. The molecule has 0 saturated carbocycles. The summed E-state index contributed by atoms with van der Waals surface area (Å²) in [5, 5.41) is 11.9. The van der Waals surface area contributed by atoms with E-state index >= 15 is 0 Å². The Kier molecular flexibility index (Phi) is 4.24. The fraction of sp³-hybridized carbons (Fsp3) is 0.227. The maximum Gasteiger partial charge on any atom is 0.254 e. The minimum absolute atomic E-state index is 0.0497. The number of aliphatic hydroxyl groups excluding tert-OH is 1. The van der Waals surface area contributed by atoms with E-state index in [-0.39, 0.29) is 24.3 Å². The highest BCUT2D eigenvalue weighted by Crippen LogP contribution is 2.33. The van der Waals surface area contributed by atoms with Gasteiger partial charge in [0, 0.05) is 37.1 Å². The number of amides is 1. The molecule has 0 radical (unpaired) electrons. The summed E-state index contributed by atoms with van der Waals surface area (Å²) in [4.78, 5) is 15.0. The van der Waals surface area contributed by atoms with E-state index < -0.39 is 0 Å². The van der Waals surface area contributed by atoms with E-state index in [1.165, 1.54) is 5.56 Å². The molecule has 0 aromatic heterocycles. The molecule has 1 heterocycles. The summed E-state index contributed by atoms with van der Waals surface area (Å²) < 4.78 is 0. The first-order chi connectivity index (χ1) is 12.3. The van der Waals surface area contributed by atoms with E-state index in [9.17, 15) is 9.90 Å².